The quantitative estimate of drug-likeness (QED) is 0.757. The van der Waals surface area contributed by atoms with Crippen LogP contribution in [0.15, 0.2) is 41.3 Å². The first-order chi connectivity index (χ1) is 10.5. The van der Waals surface area contributed by atoms with E-state index >= 15 is 0 Å². The summed E-state index contributed by atoms with van der Waals surface area (Å²) >= 11 is 11.4. The van der Waals surface area contributed by atoms with Gasteiger partial charge < -0.3 is 0 Å². The number of rotatable bonds is 3. The molecule has 2 aromatic rings. The number of hydrogen-bond donors (Lipinski definition) is 1. The van der Waals surface area contributed by atoms with Gasteiger partial charge in [0, 0.05) is 10.0 Å². The number of benzene rings is 2. The molecule has 3 nitrogen and oxygen atoms in total. The Morgan fingerprint density at radius 3 is 2.00 bits per heavy atom. The molecule has 0 spiro atoms. The summed E-state index contributed by atoms with van der Waals surface area (Å²) in [4.78, 5) is -0.368. The Kier molecular flexibility index (Phi) is 4.79. The lowest BCUT2D eigenvalue weighted by molar-refractivity contribution is -0.137. The van der Waals surface area contributed by atoms with Crippen molar-refractivity contribution in [2.45, 2.75) is 11.1 Å². The molecule has 1 N–H and O–H groups in total. The summed E-state index contributed by atoms with van der Waals surface area (Å²) in [6, 6.07) is 4.76. The molecule has 2 rings (SSSR count). The molecule has 0 atom stereocenters. The molecule has 23 heavy (non-hydrogen) atoms. The highest BCUT2D eigenvalue weighted by Gasteiger charge is 2.31. The highest BCUT2D eigenvalue weighted by Crippen LogP contribution is 2.32. The maximum atomic E-state index is 13.3. The van der Waals surface area contributed by atoms with Crippen molar-refractivity contribution in [3.8, 4) is 0 Å². The van der Waals surface area contributed by atoms with Crippen molar-refractivity contribution in [3.63, 3.8) is 0 Å². The number of alkyl halides is 3. The molecule has 0 fully saturated rings. The monoisotopic (exact) mass is 387 g/mol. The van der Waals surface area contributed by atoms with E-state index in [9.17, 15) is 26.0 Å². The van der Waals surface area contributed by atoms with Gasteiger partial charge in [0.05, 0.1) is 16.1 Å². The van der Waals surface area contributed by atoms with Crippen LogP contribution in [-0.4, -0.2) is 8.42 Å². The second kappa shape index (κ2) is 6.18. The summed E-state index contributed by atoms with van der Waals surface area (Å²) < 4.78 is 77.3. The standard InChI is InChI=1S/C13H7Cl2F4NO2S/c14-8-3-9(15)5-12(4-8)23(21,22)20-11-2-7(13(17,18)19)1-10(16)6-11/h1-6,20H. The second-order valence-electron chi connectivity index (χ2n) is 4.44. The fourth-order valence-electron chi connectivity index (χ4n) is 1.71. The lowest BCUT2D eigenvalue weighted by Crippen LogP contribution is -2.14. The fourth-order valence-corrected chi connectivity index (χ4v) is 3.48. The van der Waals surface area contributed by atoms with E-state index in [4.69, 9.17) is 23.2 Å². The van der Waals surface area contributed by atoms with E-state index in [0.29, 0.717) is 12.1 Å². The van der Waals surface area contributed by atoms with E-state index < -0.39 is 33.3 Å². The molecule has 0 heterocycles. The maximum Gasteiger partial charge on any atom is 0.416 e. The first-order valence-electron chi connectivity index (χ1n) is 5.84. The van der Waals surface area contributed by atoms with Gasteiger partial charge in [-0.2, -0.15) is 13.2 Å². The molecule has 0 saturated carbocycles. The summed E-state index contributed by atoms with van der Waals surface area (Å²) in [5.41, 5.74) is -1.90. The predicted molar refractivity (Wildman–Crippen MR) is 78.7 cm³/mol. The second-order valence-corrected chi connectivity index (χ2v) is 6.99. The van der Waals surface area contributed by atoms with Gasteiger partial charge in [-0.25, -0.2) is 12.8 Å². The van der Waals surface area contributed by atoms with Gasteiger partial charge in [-0.05, 0) is 36.4 Å². The van der Waals surface area contributed by atoms with Crippen LogP contribution in [0.4, 0.5) is 23.2 Å². The summed E-state index contributed by atoms with van der Waals surface area (Å²) in [5.74, 6) is -1.23. The number of halogens is 6. The zero-order valence-corrected chi connectivity index (χ0v) is 13.3. The Morgan fingerprint density at radius 2 is 1.48 bits per heavy atom. The van der Waals surface area contributed by atoms with E-state index in [-0.39, 0.29) is 21.0 Å². The van der Waals surface area contributed by atoms with Crippen LogP contribution in [0.1, 0.15) is 5.56 Å². The molecule has 0 bridgehead atoms. The predicted octanol–water partition coefficient (Wildman–Crippen LogP) is 4.95. The molecule has 0 aliphatic heterocycles. The van der Waals surface area contributed by atoms with Crippen molar-refractivity contribution in [2.24, 2.45) is 0 Å². The minimum absolute atomic E-state index is 0.0214. The van der Waals surface area contributed by atoms with Crippen molar-refractivity contribution in [2.75, 3.05) is 4.72 Å². The number of hydrogen-bond acceptors (Lipinski definition) is 2. The SMILES string of the molecule is O=S(=O)(Nc1cc(F)cc(C(F)(F)F)c1)c1cc(Cl)cc(Cl)c1. The van der Waals surface area contributed by atoms with Crippen LogP contribution in [0.25, 0.3) is 0 Å². The van der Waals surface area contributed by atoms with Gasteiger partial charge >= 0.3 is 6.18 Å². The van der Waals surface area contributed by atoms with Crippen molar-refractivity contribution < 1.29 is 26.0 Å². The lowest BCUT2D eigenvalue weighted by atomic mass is 10.2. The molecule has 0 aliphatic carbocycles. The van der Waals surface area contributed by atoms with Crippen LogP contribution in [0.3, 0.4) is 0 Å². The number of sulfonamides is 1. The van der Waals surface area contributed by atoms with E-state index in [2.05, 4.69) is 0 Å². The molecular weight excluding hydrogens is 381 g/mol. The Labute approximate surface area is 138 Å². The Balaban J connectivity index is 2.43. The molecular formula is C13H7Cl2F4NO2S. The van der Waals surface area contributed by atoms with Crippen LogP contribution >= 0.6 is 23.2 Å². The van der Waals surface area contributed by atoms with E-state index in [0.717, 1.165) is 12.1 Å². The average Bonchev–Trinajstić information content (AvgIpc) is 2.35. The van der Waals surface area contributed by atoms with Crippen molar-refractivity contribution >= 4 is 38.9 Å². The Bertz CT molecular complexity index is 833. The summed E-state index contributed by atoms with van der Waals surface area (Å²) in [5, 5.41) is 0.0428. The van der Waals surface area contributed by atoms with E-state index in [1.54, 1.807) is 0 Å². The molecule has 10 heteroatoms. The molecule has 0 aromatic heterocycles. The van der Waals surface area contributed by atoms with E-state index in [1.165, 1.54) is 6.07 Å². The topological polar surface area (TPSA) is 46.2 Å². The van der Waals surface area contributed by atoms with E-state index in [1.807, 2.05) is 4.72 Å². The normalized spacial score (nSPS) is 12.3. The Morgan fingerprint density at radius 1 is 0.913 bits per heavy atom. The van der Waals surface area contributed by atoms with Gasteiger partial charge in [-0.15, -0.1) is 0 Å². The van der Waals surface area contributed by atoms with Gasteiger partial charge in [-0.3, -0.25) is 4.72 Å². The van der Waals surface area contributed by atoms with Crippen LogP contribution < -0.4 is 4.72 Å². The van der Waals surface area contributed by atoms with Gasteiger partial charge in [0.15, 0.2) is 0 Å². The van der Waals surface area contributed by atoms with Crippen LogP contribution in [0.5, 0.6) is 0 Å². The molecule has 0 aliphatic rings. The zero-order valence-electron chi connectivity index (χ0n) is 11.0. The maximum absolute atomic E-state index is 13.3. The highest BCUT2D eigenvalue weighted by molar-refractivity contribution is 7.92. The van der Waals surface area contributed by atoms with Gasteiger partial charge in [0.2, 0.25) is 0 Å². The molecule has 124 valence electrons. The van der Waals surface area contributed by atoms with Gasteiger partial charge in [0.1, 0.15) is 5.82 Å². The molecule has 0 unspecified atom stereocenters. The third-order valence-corrected chi connectivity index (χ3v) is 4.42. The van der Waals surface area contributed by atoms with Crippen molar-refractivity contribution in [1.29, 1.82) is 0 Å². The Hall–Kier alpha value is -1.51. The number of nitrogens with one attached hydrogen (secondary N) is 1. The number of anilines is 1. The summed E-state index contributed by atoms with van der Waals surface area (Å²) in [6.45, 7) is 0. The molecule has 0 radical (unpaired) electrons. The van der Waals surface area contributed by atoms with Crippen LogP contribution in [-0.2, 0) is 16.2 Å². The highest BCUT2D eigenvalue weighted by atomic mass is 35.5. The summed E-state index contributed by atoms with van der Waals surface area (Å²) in [7, 11) is -4.29. The molecule has 2 aromatic carbocycles. The third-order valence-electron chi connectivity index (χ3n) is 2.62. The first kappa shape index (κ1) is 17.8. The lowest BCUT2D eigenvalue weighted by Gasteiger charge is -2.12. The van der Waals surface area contributed by atoms with Gasteiger partial charge in [0.25, 0.3) is 10.0 Å². The van der Waals surface area contributed by atoms with Crippen LogP contribution in [0.2, 0.25) is 10.0 Å². The minimum atomic E-state index is -4.82. The van der Waals surface area contributed by atoms with Crippen molar-refractivity contribution in [1.82, 2.24) is 0 Å². The van der Waals surface area contributed by atoms with Crippen LogP contribution in [0, 0.1) is 5.82 Å². The third kappa shape index (κ3) is 4.49. The minimum Gasteiger partial charge on any atom is -0.280 e. The first-order valence-corrected chi connectivity index (χ1v) is 8.08. The zero-order chi connectivity index (χ0) is 17.4. The summed E-state index contributed by atoms with van der Waals surface area (Å²) in [6.07, 6.45) is -4.82. The largest absolute Gasteiger partial charge is 0.416 e. The molecule has 0 saturated heterocycles. The fraction of sp³-hybridized carbons (Fsp3) is 0.0769. The average molecular weight is 388 g/mol. The van der Waals surface area contributed by atoms with Crippen molar-refractivity contribution in [3.05, 3.63) is 57.8 Å². The van der Waals surface area contributed by atoms with Gasteiger partial charge in [-0.1, -0.05) is 23.2 Å². The molecule has 0 amide bonds. The smallest absolute Gasteiger partial charge is 0.280 e.